The maximum absolute atomic E-state index is 14.0. The van der Waals surface area contributed by atoms with Gasteiger partial charge in [-0.05, 0) is 97.3 Å². The first kappa shape index (κ1) is 58.3. The van der Waals surface area contributed by atoms with Gasteiger partial charge in [0.1, 0.15) is 35.0 Å². The Balaban J connectivity index is 1.61. The van der Waals surface area contributed by atoms with E-state index < -0.39 is 102 Å². The highest BCUT2D eigenvalue weighted by molar-refractivity contribution is 6.39. The fourth-order valence-corrected chi connectivity index (χ4v) is 9.73. The molecule has 69 heavy (non-hydrogen) atoms. The Bertz CT molecular complexity index is 2080. The van der Waals surface area contributed by atoms with E-state index in [1.165, 1.54) is 21.0 Å². The van der Waals surface area contributed by atoms with E-state index in [0.717, 1.165) is 23.1 Å². The van der Waals surface area contributed by atoms with Crippen LogP contribution in [0.4, 0.5) is 0 Å². The number of carbonyl (C=O) groups is 2. The number of hydrogen-bond acceptors (Lipinski definition) is 15. The smallest absolute Gasteiger partial charge is 0.342 e. The highest BCUT2D eigenvalue weighted by Gasteiger charge is 2.50. The number of aliphatic hydroxyl groups excluding tert-OH is 4. The zero-order chi connectivity index (χ0) is 51.7. The highest BCUT2D eigenvalue weighted by atomic mass is 35.5. The van der Waals surface area contributed by atoms with Crippen molar-refractivity contribution in [2.75, 3.05) is 13.7 Å². The molecule has 0 aromatic heterocycles. The van der Waals surface area contributed by atoms with Gasteiger partial charge in [0.15, 0.2) is 30.2 Å². The first-order valence-electron chi connectivity index (χ1n) is 24.0. The first-order valence-corrected chi connectivity index (χ1v) is 24.8. The van der Waals surface area contributed by atoms with Crippen LogP contribution in [0, 0.1) is 17.8 Å². The Morgan fingerprint density at radius 3 is 2.23 bits per heavy atom. The standard InChI is InChI=1S/C52H76Cl2O15/c1-13-18-35-40(56)43(59)50(69-52(35,10)11)68-45-29(7)23-26(4)21-22-36(30(8)55)66-48(61)33(20-17-16-19-27(5)28(6)24-32(45)14-2)25-64-51-47(63-12)44(60)46(31(9)65-51)67-49(62)37-34(15-3)38(53)42(58)39(54)41(37)57/h16-17,20-21,23-24,27,30-32,35-36,40,43-47,50-51,55-60H,13-15,18-19,22,25H2,1-12H3/b17-16+,26-21+,28-24+,29-23+,33-20+. The molecule has 0 spiro atoms. The number of esters is 2. The number of benzene rings is 1. The number of carbonyl (C=O) groups excluding carboxylic acids is 2. The SMILES string of the molecule is CCCC1C(O)C(O)C(OC2/C(C)=C/C(C)=C/CC(C(C)O)OC(=O)/C(COC3OC(C)C(OC(=O)c4c(O)c(Cl)c(O)c(Cl)c4CC)C(O)C3OC)=C/C=C/CC(C)/C(C)=C/C2CC)OC1(C)C. The van der Waals surface area contributed by atoms with Crippen molar-refractivity contribution >= 4 is 35.1 Å². The molecule has 2 saturated heterocycles. The van der Waals surface area contributed by atoms with Crippen molar-refractivity contribution in [3.63, 3.8) is 0 Å². The van der Waals surface area contributed by atoms with E-state index in [4.69, 9.17) is 56.4 Å². The molecule has 0 amide bonds. The fraction of sp³-hybridized carbons (Fsp3) is 0.654. The summed E-state index contributed by atoms with van der Waals surface area (Å²) in [6, 6.07) is 0. The molecule has 0 radical (unpaired) electrons. The predicted octanol–water partition coefficient (Wildman–Crippen LogP) is 8.36. The highest BCUT2D eigenvalue weighted by Crippen LogP contribution is 2.45. The molecule has 0 aliphatic carbocycles. The number of phenolic OH excluding ortho intramolecular Hbond substituents is 2. The molecule has 3 aliphatic heterocycles. The molecule has 3 heterocycles. The maximum atomic E-state index is 14.0. The van der Waals surface area contributed by atoms with E-state index in [1.54, 1.807) is 19.1 Å². The Kier molecular flexibility index (Phi) is 21.8. The van der Waals surface area contributed by atoms with Gasteiger partial charge < -0.3 is 63.8 Å². The Labute approximate surface area is 417 Å². The minimum Gasteiger partial charge on any atom is -0.505 e. The van der Waals surface area contributed by atoms with E-state index in [0.29, 0.717) is 19.3 Å². The number of ether oxygens (including phenoxy) is 7. The van der Waals surface area contributed by atoms with Gasteiger partial charge in [-0.3, -0.25) is 0 Å². The molecule has 1 aromatic rings. The average Bonchev–Trinajstić information content (AvgIpc) is 3.29. The summed E-state index contributed by atoms with van der Waals surface area (Å²) in [7, 11) is 1.30. The summed E-state index contributed by atoms with van der Waals surface area (Å²) in [5.74, 6) is -3.54. The third kappa shape index (κ3) is 14.2. The minimum atomic E-state index is -1.53. The molecule has 15 nitrogen and oxygen atoms in total. The number of halogens is 2. The number of rotatable bonds is 13. The van der Waals surface area contributed by atoms with Crippen molar-refractivity contribution in [2.24, 2.45) is 17.8 Å². The molecule has 1 aromatic carbocycles. The molecule has 17 heteroatoms. The second-order valence-corrected chi connectivity index (χ2v) is 19.9. The third-order valence-corrected chi connectivity index (χ3v) is 14.3. The van der Waals surface area contributed by atoms with E-state index in [-0.39, 0.29) is 58.9 Å². The van der Waals surface area contributed by atoms with Crippen LogP contribution in [-0.2, 0) is 44.4 Å². The third-order valence-electron chi connectivity index (χ3n) is 13.6. The molecule has 6 N–H and O–H groups in total. The van der Waals surface area contributed by atoms with Crippen LogP contribution in [0.25, 0.3) is 0 Å². The lowest BCUT2D eigenvalue weighted by Gasteiger charge is -2.48. The van der Waals surface area contributed by atoms with Gasteiger partial charge >= 0.3 is 11.9 Å². The van der Waals surface area contributed by atoms with Crippen LogP contribution in [-0.4, -0.2) is 129 Å². The average molecular weight is 1010 g/mol. The topological polar surface area (TPSA) is 220 Å². The van der Waals surface area contributed by atoms with E-state index in [2.05, 4.69) is 26.8 Å². The van der Waals surface area contributed by atoms with Gasteiger partial charge in [0.25, 0.3) is 0 Å². The molecule has 14 unspecified atom stereocenters. The first-order chi connectivity index (χ1) is 32.4. The zero-order valence-corrected chi connectivity index (χ0v) is 43.6. The van der Waals surface area contributed by atoms with Gasteiger partial charge in [0.2, 0.25) is 0 Å². The summed E-state index contributed by atoms with van der Waals surface area (Å²) in [4.78, 5) is 27.5. The van der Waals surface area contributed by atoms with Gasteiger partial charge in [0, 0.05) is 25.4 Å². The minimum absolute atomic E-state index is 0.0520. The number of aliphatic hydroxyl groups is 4. The second-order valence-electron chi connectivity index (χ2n) is 19.1. The lowest BCUT2D eigenvalue weighted by Crippen LogP contribution is -2.60. The van der Waals surface area contributed by atoms with E-state index in [1.807, 2.05) is 52.8 Å². The number of methoxy groups -OCH3 is 1. The number of aromatic hydroxyl groups is 2. The summed E-state index contributed by atoms with van der Waals surface area (Å²) in [5.41, 5.74) is 1.77. The summed E-state index contributed by atoms with van der Waals surface area (Å²) in [6.45, 7) is 20.3. The van der Waals surface area contributed by atoms with Gasteiger partial charge in [-0.2, -0.15) is 0 Å². The van der Waals surface area contributed by atoms with Gasteiger partial charge in [0.05, 0.1) is 47.2 Å². The summed E-state index contributed by atoms with van der Waals surface area (Å²) in [5, 5.41) is 65.2. The molecule has 0 bridgehead atoms. The van der Waals surface area contributed by atoms with Gasteiger partial charge in [-0.1, -0.05) is 98.8 Å². The van der Waals surface area contributed by atoms with Crippen LogP contribution < -0.4 is 0 Å². The second kappa shape index (κ2) is 25.9. The normalized spacial score (nSPS) is 35.9. The van der Waals surface area contributed by atoms with Crippen molar-refractivity contribution < 1.29 is 73.4 Å². The van der Waals surface area contributed by atoms with Crippen molar-refractivity contribution in [2.45, 2.75) is 188 Å². The monoisotopic (exact) mass is 1010 g/mol. The Morgan fingerprint density at radius 1 is 0.942 bits per heavy atom. The van der Waals surface area contributed by atoms with Crippen molar-refractivity contribution in [3.05, 3.63) is 79.9 Å². The molecule has 4 rings (SSSR count). The van der Waals surface area contributed by atoms with Crippen molar-refractivity contribution in [1.29, 1.82) is 0 Å². The van der Waals surface area contributed by atoms with Gasteiger partial charge in [-0.25, -0.2) is 9.59 Å². The van der Waals surface area contributed by atoms with Crippen LogP contribution in [0.3, 0.4) is 0 Å². The molecular formula is C52H76Cl2O15. The van der Waals surface area contributed by atoms with E-state index >= 15 is 0 Å². The predicted molar refractivity (Wildman–Crippen MR) is 262 cm³/mol. The fourth-order valence-electron chi connectivity index (χ4n) is 9.17. The zero-order valence-electron chi connectivity index (χ0n) is 42.1. The van der Waals surface area contributed by atoms with Gasteiger partial charge in [-0.15, -0.1) is 0 Å². The quantitative estimate of drug-likeness (QED) is 0.0808. The molecule has 0 saturated carbocycles. The van der Waals surface area contributed by atoms with Crippen molar-refractivity contribution in [3.8, 4) is 11.5 Å². The van der Waals surface area contributed by atoms with Crippen LogP contribution in [0.1, 0.15) is 124 Å². The number of hydrogen-bond donors (Lipinski definition) is 6. The number of cyclic esters (lactones) is 1. The molecule has 388 valence electrons. The molecule has 3 aliphatic rings. The summed E-state index contributed by atoms with van der Waals surface area (Å²) >= 11 is 12.3. The largest absolute Gasteiger partial charge is 0.505 e. The van der Waals surface area contributed by atoms with Crippen LogP contribution >= 0.6 is 23.2 Å². The summed E-state index contributed by atoms with van der Waals surface area (Å²) < 4.78 is 42.5. The number of allylic oxidation sites excluding steroid dienone is 6. The van der Waals surface area contributed by atoms with Crippen LogP contribution in [0.5, 0.6) is 11.5 Å². The molecule has 2 fully saturated rings. The molecular weight excluding hydrogens is 935 g/mol. The molecule has 14 atom stereocenters. The Morgan fingerprint density at radius 2 is 1.62 bits per heavy atom. The maximum Gasteiger partial charge on any atom is 0.342 e. The number of phenols is 2. The van der Waals surface area contributed by atoms with E-state index in [9.17, 15) is 40.2 Å². The lowest BCUT2D eigenvalue weighted by atomic mass is 9.78. The Hall–Kier alpha value is -3.32. The van der Waals surface area contributed by atoms with Crippen LogP contribution in [0.15, 0.2) is 58.7 Å². The van der Waals surface area contributed by atoms with Crippen LogP contribution in [0.2, 0.25) is 10.0 Å². The van der Waals surface area contributed by atoms with Crippen molar-refractivity contribution in [1.82, 2.24) is 0 Å². The summed E-state index contributed by atoms with van der Waals surface area (Å²) in [6.07, 6.45) is 1.90. The lowest BCUT2D eigenvalue weighted by molar-refractivity contribution is -0.322.